The highest BCUT2D eigenvalue weighted by molar-refractivity contribution is 5.28. The molecule has 0 rings (SSSR count). The number of rotatable bonds is 3. The number of nitrogens with one attached hydrogen (secondary N) is 1. The number of hydrogen-bond acceptors (Lipinski definition) is 2. The second kappa shape index (κ2) is 4.68. The Morgan fingerprint density at radius 1 is 1.60 bits per heavy atom. The quantitative estimate of drug-likeness (QED) is 0.574. The Balaban J connectivity index is 4.44. The molecule has 0 aliphatic heterocycles. The fraction of sp³-hybridized carbons (Fsp3) is 0.250. The first kappa shape index (κ1) is 8.82. The monoisotopic (exact) mass is 138 g/mol. The summed E-state index contributed by atoms with van der Waals surface area (Å²) in [7, 11) is 1.85. The third kappa shape index (κ3) is 2.40. The van der Waals surface area contributed by atoms with Gasteiger partial charge in [0.1, 0.15) is 0 Å². The Bertz CT molecular complexity index is 166. The summed E-state index contributed by atoms with van der Waals surface area (Å²) in [4.78, 5) is 0. The van der Waals surface area contributed by atoms with Gasteiger partial charge in [0.2, 0.25) is 0 Å². The first-order valence-corrected chi connectivity index (χ1v) is 3.15. The number of nitrogens with two attached hydrogens (primary N) is 1. The molecule has 0 atom stereocenters. The summed E-state index contributed by atoms with van der Waals surface area (Å²) in [5.41, 5.74) is 7.29. The van der Waals surface area contributed by atoms with Crippen LogP contribution in [0.25, 0.3) is 0 Å². The van der Waals surface area contributed by atoms with Gasteiger partial charge >= 0.3 is 0 Å². The lowest BCUT2D eigenvalue weighted by Crippen LogP contribution is -2.05. The van der Waals surface area contributed by atoms with Gasteiger partial charge in [-0.15, -0.1) is 0 Å². The molecule has 3 N–H and O–H groups in total. The molecule has 0 bridgehead atoms. The molecule has 0 unspecified atom stereocenters. The van der Waals surface area contributed by atoms with Crippen molar-refractivity contribution in [2.75, 3.05) is 7.05 Å². The van der Waals surface area contributed by atoms with Crippen LogP contribution in [0.5, 0.6) is 0 Å². The molecule has 2 heteroatoms. The van der Waals surface area contributed by atoms with Crippen molar-refractivity contribution in [1.82, 2.24) is 5.32 Å². The normalized spacial score (nSPS) is 13.0. The van der Waals surface area contributed by atoms with Gasteiger partial charge in [-0.3, -0.25) is 0 Å². The van der Waals surface area contributed by atoms with E-state index in [1.54, 1.807) is 12.2 Å². The lowest BCUT2D eigenvalue weighted by Gasteiger charge is -2.02. The molecule has 0 aromatic heterocycles. The molecule has 10 heavy (non-hydrogen) atoms. The van der Waals surface area contributed by atoms with E-state index in [0.717, 1.165) is 11.3 Å². The molecule has 0 aliphatic carbocycles. The van der Waals surface area contributed by atoms with Gasteiger partial charge in [-0.1, -0.05) is 12.7 Å². The summed E-state index contributed by atoms with van der Waals surface area (Å²) >= 11 is 0. The highest BCUT2D eigenvalue weighted by Gasteiger charge is 1.89. The zero-order valence-corrected chi connectivity index (χ0v) is 6.52. The van der Waals surface area contributed by atoms with Crippen LogP contribution in [0.2, 0.25) is 0 Å². The first-order chi connectivity index (χ1) is 4.76. The van der Waals surface area contributed by atoms with E-state index >= 15 is 0 Å². The summed E-state index contributed by atoms with van der Waals surface area (Å²) in [5, 5.41) is 3.00. The van der Waals surface area contributed by atoms with E-state index in [9.17, 15) is 0 Å². The SMILES string of the molecule is C=C/C(C)=C(/C=C\N)NC. The van der Waals surface area contributed by atoms with Crippen molar-refractivity contribution in [2.45, 2.75) is 6.92 Å². The van der Waals surface area contributed by atoms with E-state index in [2.05, 4.69) is 11.9 Å². The topological polar surface area (TPSA) is 38.0 Å². The Morgan fingerprint density at radius 3 is 2.50 bits per heavy atom. The van der Waals surface area contributed by atoms with Crippen molar-refractivity contribution in [3.8, 4) is 0 Å². The molecule has 56 valence electrons. The Morgan fingerprint density at radius 2 is 2.20 bits per heavy atom. The van der Waals surface area contributed by atoms with Gasteiger partial charge in [-0.05, 0) is 24.8 Å². The second-order valence-electron chi connectivity index (χ2n) is 1.91. The Labute approximate surface area is 62.1 Å². The Hall–Kier alpha value is -1.18. The predicted molar refractivity (Wildman–Crippen MR) is 45.3 cm³/mol. The van der Waals surface area contributed by atoms with Crippen molar-refractivity contribution in [1.29, 1.82) is 0 Å². The molecule has 0 aromatic rings. The van der Waals surface area contributed by atoms with Crippen LogP contribution in [-0.4, -0.2) is 7.05 Å². The average molecular weight is 138 g/mol. The van der Waals surface area contributed by atoms with Gasteiger partial charge in [-0.25, -0.2) is 0 Å². The molecule has 2 nitrogen and oxygen atoms in total. The zero-order chi connectivity index (χ0) is 7.98. The van der Waals surface area contributed by atoms with E-state index in [1.807, 2.05) is 14.0 Å². The van der Waals surface area contributed by atoms with Crippen LogP contribution in [0.1, 0.15) is 6.92 Å². The molecule has 0 saturated carbocycles. The van der Waals surface area contributed by atoms with Gasteiger partial charge < -0.3 is 11.1 Å². The van der Waals surface area contributed by atoms with Crippen molar-refractivity contribution in [3.05, 3.63) is 36.2 Å². The maximum atomic E-state index is 5.21. The van der Waals surface area contributed by atoms with E-state index < -0.39 is 0 Å². The molecule has 0 fully saturated rings. The highest BCUT2D eigenvalue weighted by atomic mass is 14.8. The summed E-state index contributed by atoms with van der Waals surface area (Å²) < 4.78 is 0. The van der Waals surface area contributed by atoms with Crippen LogP contribution in [0.4, 0.5) is 0 Å². The lowest BCUT2D eigenvalue weighted by molar-refractivity contribution is 1.01. The summed E-state index contributed by atoms with van der Waals surface area (Å²) in [5.74, 6) is 0. The molecule has 0 heterocycles. The number of likely N-dealkylation sites (N-methyl/N-ethyl adjacent to an activating group) is 1. The molecule has 0 aliphatic rings. The minimum absolute atomic E-state index is 0.998. The molecular formula is C8H14N2. The van der Waals surface area contributed by atoms with Crippen molar-refractivity contribution < 1.29 is 0 Å². The van der Waals surface area contributed by atoms with E-state index in [4.69, 9.17) is 5.73 Å². The average Bonchev–Trinajstić information content (AvgIpc) is 1.99. The van der Waals surface area contributed by atoms with Crippen molar-refractivity contribution >= 4 is 0 Å². The maximum absolute atomic E-state index is 5.21. The summed E-state index contributed by atoms with van der Waals surface area (Å²) in [6, 6.07) is 0. The molecule has 0 aromatic carbocycles. The van der Waals surface area contributed by atoms with E-state index in [1.165, 1.54) is 6.20 Å². The van der Waals surface area contributed by atoms with Crippen molar-refractivity contribution in [3.63, 3.8) is 0 Å². The standard InChI is InChI=1S/C8H14N2/c1-4-7(2)8(10-3)5-6-9/h4-6,10H,1,9H2,2-3H3/b6-5-,8-7-. The third-order valence-corrected chi connectivity index (χ3v) is 1.26. The van der Waals surface area contributed by atoms with Crippen LogP contribution >= 0.6 is 0 Å². The van der Waals surface area contributed by atoms with Crippen LogP contribution < -0.4 is 11.1 Å². The smallest absolute Gasteiger partial charge is 0.0381 e. The second-order valence-corrected chi connectivity index (χ2v) is 1.91. The largest absolute Gasteiger partial charge is 0.405 e. The van der Waals surface area contributed by atoms with Crippen LogP contribution in [0.15, 0.2) is 36.2 Å². The summed E-state index contributed by atoms with van der Waals surface area (Å²) in [6.07, 6.45) is 5.08. The lowest BCUT2D eigenvalue weighted by atomic mass is 10.2. The minimum atomic E-state index is 0.998. The van der Waals surface area contributed by atoms with Gasteiger partial charge in [0, 0.05) is 12.7 Å². The van der Waals surface area contributed by atoms with Crippen LogP contribution in [0.3, 0.4) is 0 Å². The first-order valence-electron chi connectivity index (χ1n) is 3.15. The van der Waals surface area contributed by atoms with Crippen LogP contribution in [-0.2, 0) is 0 Å². The molecule has 0 spiro atoms. The molecule has 0 amide bonds. The fourth-order valence-electron chi connectivity index (χ4n) is 0.618. The minimum Gasteiger partial charge on any atom is -0.405 e. The molecular weight excluding hydrogens is 124 g/mol. The van der Waals surface area contributed by atoms with Gasteiger partial charge in [-0.2, -0.15) is 0 Å². The highest BCUT2D eigenvalue weighted by Crippen LogP contribution is 2.01. The van der Waals surface area contributed by atoms with Gasteiger partial charge in [0.15, 0.2) is 0 Å². The molecule has 0 saturated heterocycles. The third-order valence-electron chi connectivity index (χ3n) is 1.26. The Kier molecular flexibility index (Phi) is 4.12. The maximum Gasteiger partial charge on any atom is 0.0381 e. The number of hydrogen-bond donors (Lipinski definition) is 2. The van der Waals surface area contributed by atoms with Gasteiger partial charge in [0.25, 0.3) is 0 Å². The predicted octanol–water partition coefficient (Wildman–Crippen LogP) is 1.14. The zero-order valence-electron chi connectivity index (χ0n) is 6.52. The van der Waals surface area contributed by atoms with E-state index in [-0.39, 0.29) is 0 Å². The summed E-state index contributed by atoms with van der Waals surface area (Å²) in [6.45, 7) is 5.61. The van der Waals surface area contributed by atoms with Gasteiger partial charge in [0.05, 0.1) is 0 Å². The van der Waals surface area contributed by atoms with Crippen LogP contribution in [0, 0.1) is 0 Å². The van der Waals surface area contributed by atoms with E-state index in [0.29, 0.717) is 0 Å². The number of allylic oxidation sites excluding steroid dienone is 3. The fourth-order valence-corrected chi connectivity index (χ4v) is 0.618. The van der Waals surface area contributed by atoms with Crippen molar-refractivity contribution in [2.24, 2.45) is 5.73 Å². The molecule has 0 radical (unpaired) electrons.